The lowest BCUT2D eigenvalue weighted by Crippen LogP contribution is -2.57. The van der Waals surface area contributed by atoms with Crippen LogP contribution in [0, 0.1) is 5.82 Å². The molecule has 1 aliphatic rings. The van der Waals surface area contributed by atoms with Crippen molar-refractivity contribution in [3.63, 3.8) is 0 Å². The van der Waals surface area contributed by atoms with Crippen LogP contribution in [0.3, 0.4) is 0 Å². The van der Waals surface area contributed by atoms with Crippen LogP contribution >= 0.6 is 0 Å². The Morgan fingerprint density at radius 2 is 1.79 bits per heavy atom. The third kappa shape index (κ3) is 3.50. The molecule has 0 unspecified atom stereocenters. The molecule has 132 valence electrons. The second-order valence-electron chi connectivity index (χ2n) is 6.34. The van der Waals surface area contributed by atoms with Crippen molar-refractivity contribution >= 4 is 11.8 Å². The largest absolute Gasteiger partial charge is 0.442 e. The van der Waals surface area contributed by atoms with E-state index in [2.05, 4.69) is 5.10 Å². The summed E-state index contributed by atoms with van der Waals surface area (Å²) < 4.78 is 57.8. The van der Waals surface area contributed by atoms with Crippen LogP contribution in [0.1, 0.15) is 32.8 Å². The molecule has 24 heavy (non-hydrogen) atoms. The highest BCUT2D eigenvalue weighted by Crippen LogP contribution is 2.41. The molecule has 1 amide bonds. The molecular weight excluding hydrogens is 332 g/mol. The minimum Gasteiger partial charge on any atom is -0.442 e. The van der Waals surface area contributed by atoms with E-state index in [0.717, 1.165) is 12.1 Å². The van der Waals surface area contributed by atoms with Crippen LogP contribution in [0.4, 0.5) is 22.4 Å². The van der Waals surface area contributed by atoms with Gasteiger partial charge in [0.1, 0.15) is 11.4 Å². The molecule has 1 aliphatic heterocycles. The summed E-state index contributed by atoms with van der Waals surface area (Å²) in [5.74, 6) is -0.576. The van der Waals surface area contributed by atoms with Crippen molar-refractivity contribution in [1.82, 2.24) is 5.01 Å². The summed E-state index contributed by atoms with van der Waals surface area (Å²) in [7, 11) is 0. The number of carbonyl (C=O) groups excluding carboxylic acids is 1. The van der Waals surface area contributed by atoms with E-state index < -0.39 is 35.8 Å². The van der Waals surface area contributed by atoms with Crippen molar-refractivity contribution in [1.29, 1.82) is 0 Å². The van der Waals surface area contributed by atoms with Gasteiger partial charge in [-0.25, -0.2) is 9.18 Å². The predicted molar refractivity (Wildman–Crippen MR) is 76.6 cm³/mol. The smallest absolute Gasteiger partial charge is 0.439 e. The van der Waals surface area contributed by atoms with Crippen molar-refractivity contribution in [2.45, 2.75) is 44.7 Å². The zero-order chi connectivity index (χ0) is 18.3. The number of nitrogens with zero attached hydrogens (tertiary/aromatic N) is 2. The van der Waals surface area contributed by atoms with Gasteiger partial charge in [0.05, 0.1) is 12.1 Å². The number of hydrogen-bond acceptors (Lipinski definition) is 4. The van der Waals surface area contributed by atoms with Crippen molar-refractivity contribution in [3.8, 4) is 0 Å². The first-order valence-corrected chi connectivity index (χ1v) is 6.99. The molecule has 0 aliphatic carbocycles. The fraction of sp³-hybridized carbons (Fsp3) is 0.467. The van der Waals surface area contributed by atoms with Crippen LogP contribution < -0.4 is 0 Å². The van der Waals surface area contributed by atoms with Crippen LogP contribution in [0.5, 0.6) is 0 Å². The summed E-state index contributed by atoms with van der Waals surface area (Å²) in [6.07, 6.45) is -7.57. The summed E-state index contributed by atoms with van der Waals surface area (Å²) in [6.45, 7) is 4.41. The van der Waals surface area contributed by atoms with Gasteiger partial charge in [-0.2, -0.15) is 23.3 Å². The highest BCUT2D eigenvalue weighted by Gasteiger charge is 2.64. The zero-order valence-electron chi connectivity index (χ0n) is 13.2. The van der Waals surface area contributed by atoms with Crippen LogP contribution in [0.15, 0.2) is 29.4 Å². The molecule has 9 heteroatoms. The van der Waals surface area contributed by atoms with Gasteiger partial charge in [0.25, 0.3) is 5.72 Å². The average molecular weight is 348 g/mol. The van der Waals surface area contributed by atoms with E-state index in [1.54, 1.807) is 0 Å². The quantitative estimate of drug-likeness (QED) is 0.791. The maximum absolute atomic E-state index is 13.3. The normalized spacial score (nSPS) is 21.7. The molecule has 0 saturated carbocycles. The fourth-order valence-corrected chi connectivity index (χ4v) is 2.07. The Kier molecular flexibility index (Phi) is 4.34. The number of hydrogen-bond donors (Lipinski definition) is 1. The maximum Gasteiger partial charge on any atom is 0.439 e. The number of carbonyl (C=O) groups is 1. The van der Waals surface area contributed by atoms with E-state index in [0.29, 0.717) is 0 Å². The van der Waals surface area contributed by atoms with E-state index in [-0.39, 0.29) is 16.3 Å². The molecule has 0 fully saturated rings. The van der Waals surface area contributed by atoms with Crippen LogP contribution in [0.2, 0.25) is 0 Å². The monoisotopic (exact) mass is 348 g/mol. The van der Waals surface area contributed by atoms with E-state index in [4.69, 9.17) is 4.74 Å². The summed E-state index contributed by atoms with van der Waals surface area (Å²) in [6, 6.07) is 4.51. The lowest BCUT2D eigenvalue weighted by molar-refractivity contribution is -0.300. The van der Waals surface area contributed by atoms with Gasteiger partial charge < -0.3 is 9.84 Å². The zero-order valence-corrected chi connectivity index (χ0v) is 13.2. The van der Waals surface area contributed by atoms with E-state index in [9.17, 15) is 27.5 Å². The number of hydrazone groups is 1. The van der Waals surface area contributed by atoms with Gasteiger partial charge >= 0.3 is 12.3 Å². The summed E-state index contributed by atoms with van der Waals surface area (Å²) >= 11 is 0. The second kappa shape index (κ2) is 5.73. The molecule has 0 bridgehead atoms. The molecule has 0 saturated heterocycles. The molecule has 0 radical (unpaired) electrons. The predicted octanol–water partition coefficient (Wildman–Crippen LogP) is 3.42. The Bertz CT molecular complexity index is 665. The van der Waals surface area contributed by atoms with Gasteiger partial charge in [-0.1, -0.05) is 12.1 Å². The minimum absolute atomic E-state index is 0.114. The average Bonchev–Trinajstić information content (AvgIpc) is 2.76. The fourth-order valence-electron chi connectivity index (χ4n) is 2.07. The third-order valence-corrected chi connectivity index (χ3v) is 3.18. The summed E-state index contributed by atoms with van der Waals surface area (Å²) in [5, 5.41) is 13.5. The molecular formula is C15H16F4N2O3. The number of ether oxygens (including phenoxy) is 1. The maximum atomic E-state index is 13.3. The highest BCUT2D eigenvalue weighted by atomic mass is 19.4. The van der Waals surface area contributed by atoms with Gasteiger partial charge in [-0.15, -0.1) is 0 Å². The standard InChI is InChI=1S/C15H16F4N2O3/c1-13(2,3)24-12(22)21-14(23,15(17,18)19)8-11(20-21)9-4-6-10(16)7-5-9/h4-7,23H,8H2,1-3H3/t14-/m1/s1. The molecule has 1 atom stereocenters. The number of aliphatic hydroxyl groups is 1. The SMILES string of the molecule is CC(C)(C)OC(=O)N1N=C(c2ccc(F)cc2)C[C@@]1(O)C(F)(F)F. The number of halogens is 4. The molecule has 0 spiro atoms. The van der Waals surface area contributed by atoms with Crippen LogP contribution in [0.25, 0.3) is 0 Å². The molecule has 2 rings (SSSR count). The first-order chi connectivity index (χ1) is 10.8. The lowest BCUT2D eigenvalue weighted by Gasteiger charge is -2.33. The molecule has 0 aromatic heterocycles. The van der Waals surface area contributed by atoms with E-state index in [1.807, 2.05) is 0 Å². The second-order valence-corrected chi connectivity index (χ2v) is 6.34. The third-order valence-electron chi connectivity index (χ3n) is 3.18. The molecule has 1 aromatic rings. The Morgan fingerprint density at radius 3 is 2.25 bits per heavy atom. The Hall–Kier alpha value is -2.16. The van der Waals surface area contributed by atoms with Gasteiger partial charge in [-0.05, 0) is 38.5 Å². The van der Waals surface area contributed by atoms with Gasteiger partial charge in [0, 0.05) is 0 Å². The van der Waals surface area contributed by atoms with Crippen molar-refractivity contribution < 1.29 is 32.2 Å². The van der Waals surface area contributed by atoms with Crippen LogP contribution in [-0.2, 0) is 4.74 Å². The number of benzene rings is 1. The van der Waals surface area contributed by atoms with E-state index >= 15 is 0 Å². The first kappa shape index (κ1) is 18.2. The molecule has 1 heterocycles. The lowest BCUT2D eigenvalue weighted by atomic mass is 10.0. The Labute approximate surface area is 135 Å². The Balaban J connectivity index is 2.41. The summed E-state index contributed by atoms with van der Waals surface area (Å²) in [4.78, 5) is 12.0. The van der Waals surface area contributed by atoms with Crippen molar-refractivity contribution in [3.05, 3.63) is 35.6 Å². The number of amides is 1. The summed E-state index contributed by atoms with van der Waals surface area (Å²) in [5.41, 5.74) is -4.65. The van der Waals surface area contributed by atoms with Gasteiger partial charge in [0.2, 0.25) is 0 Å². The molecule has 1 N–H and O–H groups in total. The number of rotatable bonds is 1. The molecule has 1 aromatic carbocycles. The molecule has 5 nitrogen and oxygen atoms in total. The minimum atomic E-state index is -5.16. The number of alkyl halides is 3. The van der Waals surface area contributed by atoms with Crippen LogP contribution in [-0.4, -0.2) is 39.4 Å². The Morgan fingerprint density at radius 1 is 1.25 bits per heavy atom. The van der Waals surface area contributed by atoms with Crippen molar-refractivity contribution in [2.24, 2.45) is 5.10 Å². The highest BCUT2D eigenvalue weighted by molar-refractivity contribution is 6.03. The van der Waals surface area contributed by atoms with E-state index in [1.165, 1.54) is 32.9 Å². The topological polar surface area (TPSA) is 62.1 Å². The van der Waals surface area contributed by atoms with Gasteiger partial charge in [-0.3, -0.25) is 0 Å². The first-order valence-electron chi connectivity index (χ1n) is 6.99. The van der Waals surface area contributed by atoms with Gasteiger partial charge in [0.15, 0.2) is 0 Å². The van der Waals surface area contributed by atoms with Crippen molar-refractivity contribution in [2.75, 3.05) is 0 Å².